The number of fused-ring (bicyclic) bond motifs is 1. The number of benzene rings is 3. The Labute approximate surface area is 254 Å². The molecule has 1 unspecified atom stereocenters. The molecule has 7 nitrogen and oxygen atoms in total. The molecule has 0 aromatic heterocycles. The number of amides is 1. The average Bonchev–Trinajstić information content (AvgIpc) is 3.41. The third-order valence-corrected chi connectivity index (χ3v) is 7.91. The highest BCUT2D eigenvalue weighted by Gasteiger charge is 2.56. The average molecular weight is 619 g/mol. The number of aliphatic carboxylic acids is 1. The van der Waals surface area contributed by atoms with E-state index in [2.05, 4.69) is 19.2 Å². The van der Waals surface area contributed by atoms with Crippen LogP contribution in [-0.2, 0) is 11.2 Å². The topological polar surface area (TPSA) is 88.1 Å². The highest BCUT2D eigenvalue weighted by atomic mass is 35.5. The van der Waals surface area contributed by atoms with Crippen LogP contribution in [0, 0.1) is 29.3 Å². The molecule has 1 saturated heterocycles. The van der Waals surface area contributed by atoms with Crippen molar-refractivity contribution in [3.63, 3.8) is 0 Å². The van der Waals surface area contributed by atoms with Crippen molar-refractivity contribution >= 4 is 24.3 Å². The monoisotopic (exact) mass is 618 g/mol. The lowest BCUT2D eigenvalue weighted by Gasteiger charge is -2.20. The van der Waals surface area contributed by atoms with Gasteiger partial charge in [0.15, 0.2) is 23.6 Å². The van der Waals surface area contributed by atoms with Crippen LogP contribution in [-0.4, -0.2) is 60.3 Å². The Balaban J connectivity index is 0.00000423. The summed E-state index contributed by atoms with van der Waals surface area (Å²) in [6.45, 7) is 6.12. The fourth-order valence-electron chi connectivity index (χ4n) is 5.46. The zero-order chi connectivity index (χ0) is 30.0. The molecule has 230 valence electrons. The van der Waals surface area contributed by atoms with Crippen molar-refractivity contribution in [2.45, 2.75) is 38.3 Å². The summed E-state index contributed by atoms with van der Waals surface area (Å²) in [7, 11) is 0. The van der Waals surface area contributed by atoms with Crippen molar-refractivity contribution < 1.29 is 37.3 Å². The van der Waals surface area contributed by atoms with Gasteiger partial charge in [0.1, 0.15) is 18.1 Å². The molecule has 0 radical (unpaired) electrons. The lowest BCUT2D eigenvalue weighted by atomic mass is 10.0. The van der Waals surface area contributed by atoms with Gasteiger partial charge in [-0.05, 0) is 65.3 Å². The van der Waals surface area contributed by atoms with E-state index < -0.39 is 35.4 Å². The molecule has 2 fully saturated rings. The maximum absolute atomic E-state index is 13.5. The SMILES string of the molecule is CC(C)c1ccc(O[C@@H](Cc2ccc(OCCN[C@H]3C4CN(C(=O)c5cc(F)c(F)c(F)c5)C[C@@H]43)cc2)C(=O)O)cc1.Cl. The van der Waals surface area contributed by atoms with Crippen molar-refractivity contribution in [2.24, 2.45) is 11.8 Å². The van der Waals surface area contributed by atoms with Crippen LogP contribution in [0.15, 0.2) is 60.7 Å². The summed E-state index contributed by atoms with van der Waals surface area (Å²) in [5.74, 6) is -3.84. The third-order valence-electron chi connectivity index (χ3n) is 7.91. The summed E-state index contributed by atoms with van der Waals surface area (Å²) in [4.78, 5) is 25.9. The van der Waals surface area contributed by atoms with E-state index in [1.807, 2.05) is 24.3 Å². The van der Waals surface area contributed by atoms with E-state index in [0.717, 1.165) is 23.3 Å². The van der Waals surface area contributed by atoms with Gasteiger partial charge in [0.2, 0.25) is 0 Å². The van der Waals surface area contributed by atoms with Gasteiger partial charge in [0.25, 0.3) is 5.91 Å². The number of hydrogen-bond donors (Lipinski definition) is 2. The van der Waals surface area contributed by atoms with Gasteiger partial charge in [-0.2, -0.15) is 0 Å². The molecular formula is C32H34ClF3N2O5. The van der Waals surface area contributed by atoms with Crippen molar-refractivity contribution in [1.29, 1.82) is 0 Å². The molecule has 0 bridgehead atoms. The smallest absolute Gasteiger partial charge is 0.345 e. The van der Waals surface area contributed by atoms with Crippen LogP contribution in [0.5, 0.6) is 11.5 Å². The largest absolute Gasteiger partial charge is 0.492 e. The van der Waals surface area contributed by atoms with Crippen LogP contribution < -0.4 is 14.8 Å². The molecule has 0 spiro atoms. The first kappa shape index (κ1) is 32.2. The van der Waals surface area contributed by atoms with Crippen LogP contribution in [0.4, 0.5) is 13.2 Å². The lowest BCUT2D eigenvalue weighted by molar-refractivity contribution is -0.145. The molecule has 2 aliphatic rings. The molecule has 1 aliphatic carbocycles. The number of ether oxygens (including phenoxy) is 2. The summed E-state index contributed by atoms with van der Waals surface area (Å²) >= 11 is 0. The molecular weight excluding hydrogens is 585 g/mol. The Morgan fingerprint density at radius 1 is 0.953 bits per heavy atom. The molecule has 11 heteroatoms. The molecule has 2 N–H and O–H groups in total. The number of nitrogens with one attached hydrogen (secondary N) is 1. The molecule has 5 rings (SSSR count). The summed E-state index contributed by atoms with van der Waals surface area (Å²) in [6.07, 6.45) is -0.814. The van der Waals surface area contributed by atoms with Crippen molar-refractivity contribution in [1.82, 2.24) is 10.2 Å². The highest BCUT2D eigenvalue weighted by molar-refractivity contribution is 5.94. The van der Waals surface area contributed by atoms with E-state index in [0.29, 0.717) is 43.7 Å². The Hall–Kier alpha value is -3.76. The van der Waals surface area contributed by atoms with Gasteiger partial charge in [-0.25, -0.2) is 18.0 Å². The minimum absolute atomic E-state index is 0. The van der Waals surface area contributed by atoms with Crippen LogP contribution in [0.1, 0.15) is 41.3 Å². The Morgan fingerprint density at radius 2 is 1.53 bits per heavy atom. The van der Waals surface area contributed by atoms with Gasteiger partial charge < -0.3 is 24.8 Å². The number of rotatable bonds is 12. The summed E-state index contributed by atoms with van der Waals surface area (Å²) < 4.78 is 51.7. The van der Waals surface area contributed by atoms with Crippen LogP contribution in [0.3, 0.4) is 0 Å². The zero-order valence-electron chi connectivity index (χ0n) is 23.8. The Morgan fingerprint density at radius 3 is 2.09 bits per heavy atom. The molecule has 4 atom stereocenters. The van der Waals surface area contributed by atoms with Gasteiger partial charge in [0.05, 0.1) is 0 Å². The van der Waals surface area contributed by atoms with E-state index in [-0.39, 0.29) is 42.3 Å². The number of carboxylic acid groups (broad SMARTS) is 1. The first-order chi connectivity index (χ1) is 20.1. The fraction of sp³-hybridized carbons (Fsp3) is 0.375. The molecule has 1 amide bonds. The standard InChI is InChI=1S/C32H33F3N2O5.ClH/c1-18(2)20-5-9-23(10-6-20)42-28(32(39)40)13-19-3-7-22(8-4-19)41-12-11-36-30-24-16-37(17-25(24)30)31(38)21-14-26(33)29(35)27(34)15-21;/h3-10,14-15,18,24-25,28,30,36H,11-13,16-17H2,1-2H3,(H,39,40);1H/t24-,25?,28-,30+;/m0./s1. The van der Waals surface area contributed by atoms with Gasteiger partial charge in [-0.1, -0.05) is 38.1 Å². The molecule has 1 heterocycles. The molecule has 3 aromatic carbocycles. The second-order valence-corrected chi connectivity index (χ2v) is 11.1. The number of nitrogens with zero attached hydrogens (tertiary/aromatic N) is 1. The first-order valence-corrected chi connectivity index (χ1v) is 14.0. The molecule has 43 heavy (non-hydrogen) atoms. The van der Waals surface area contributed by atoms with Crippen molar-refractivity contribution in [3.05, 3.63) is 94.8 Å². The molecule has 3 aromatic rings. The highest BCUT2D eigenvalue weighted by Crippen LogP contribution is 2.45. The van der Waals surface area contributed by atoms with Crippen LogP contribution in [0.2, 0.25) is 0 Å². The zero-order valence-corrected chi connectivity index (χ0v) is 24.6. The Kier molecular flexibility index (Phi) is 10.2. The maximum atomic E-state index is 13.5. The first-order valence-electron chi connectivity index (χ1n) is 14.0. The molecule has 1 saturated carbocycles. The normalized spacial score (nSPS) is 19.4. The predicted molar refractivity (Wildman–Crippen MR) is 156 cm³/mol. The van der Waals surface area contributed by atoms with E-state index in [4.69, 9.17) is 9.47 Å². The van der Waals surface area contributed by atoms with Crippen molar-refractivity contribution in [3.8, 4) is 11.5 Å². The van der Waals surface area contributed by atoms with Gasteiger partial charge in [-0.15, -0.1) is 12.4 Å². The quantitative estimate of drug-likeness (QED) is 0.207. The summed E-state index contributed by atoms with van der Waals surface area (Å²) in [5, 5.41) is 13.1. The minimum atomic E-state index is -1.58. The predicted octanol–water partition coefficient (Wildman–Crippen LogP) is 5.46. The number of carboxylic acids is 1. The third kappa shape index (κ3) is 7.61. The number of halogens is 4. The van der Waals surface area contributed by atoms with Gasteiger partial charge >= 0.3 is 5.97 Å². The number of carbonyl (C=O) groups is 2. The van der Waals surface area contributed by atoms with Crippen LogP contribution >= 0.6 is 12.4 Å². The van der Waals surface area contributed by atoms with Gasteiger partial charge in [-0.3, -0.25) is 4.79 Å². The number of hydrogen-bond acceptors (Lipinski definition) is 5. The summed E-state index contributed by atoms with van der Waals surface area (Å²) in [6, 6.07) is 16.4. The number of carbonyl (C=O) groups excluding carboxylic acids is 1. The van der Waals surface area contributed by atoms with E-state index >= 15 is 0 Å². The summed E-state index contributed by atoms with van der Waals surface area (Å²) in [5.41, 5.74) is 1.76. The van der Waals surface area contributed by atoms with Gasteiger partial charge in [0, 0.05) is 37.7 Å². The molecule has 1 aliphatic heterocycles. The van der Waals surface area contributed by atoms with E-state index in [1.54, 1.807) is 29.2 Å². The van der Waals surface area contributed by atoms with E-state index in [1.165, 1.54) is 0 Å². The van der Waals surface area contributed by atoms with Crippen LogP contribution in [0.25, 0.3) is 0 Å². The number of piperidine rings is 1. The maximum Gasteiger partial charge on any atom is 0.345 e. The Bertz CT molecular complexity index is 1400. The minimum Gasteiger partial charge on any atom is -0.492 e. The fourth-order valence-corrected chi connectivity index (χ4v) is 5.46. The lowest BCUT2D eigenvalue weighted by Crippen LogP contribution is -2.36. The number of likely N-dealkylation sites (tertiary alicyclic amines) is 1. The van der Waals surface area contributed by atoms with Crippen molar-refractivity contribution in [2.75, 3.05) is 26.2 Å². The second kappa shape index (κ2) is 13.7. The second-order valence-electron chi connectivity index (χ2n) is 11.1. The van der Waals surface area contributed by atoms with E-state index in [9.17, 15) is 27.9 Å².